The molecule has 0 bridgehead atoms. The molecular weight excluding hydrogens is 250 g/mol. The zero-order valence-corrected chi connectivity index (χ0v) is 11.7. The van der Waals surface area contributed by atoms with Gasteiger partial charge < -0.3 is 10.6 Å². The molecule has 2 unspecified atom stereocenters. The molecule has 4 nitrogen and oxygen atoms in total. The van der Waals surface area contributed by atoms with Crippen LogP contribution in [0, 0.1) is 0 Å². The molecule has 0 spiro atoms. The van der Waals surface area contributed by atoms with E-state index < -0.39 is 0 Å². The summed E-state index contributed by atoms with van der Waals surface area (Å²) in [6, 6.07) is 7.67. The highest BCUT2D eigenvalue weighted by Crippen LogP contribution is 2.31. The van der Waals surface area contributed by atoms with E-state index in [-0.39, 0.29) is 5.91 Å². The van der Waals surface area contributed by atoms with Crippen molar-refractivity contribution in [2.75, 3.05) is 23.7 Å². The molecule has 3 aliphatic heterocycles. The van der Waals surface area contributed by atoms with Crippen LogP contribution in [-0.2, 0) is 11.2 Å². The zero-order valence-electron chi connectivity index (χ0n) is 11.7. The molecule has 0 aromatic heterocycles. The third-order valence-corrected chi connectivity index (χ3v) is 4.96. The van der Waals surface area contributed by atoms with Crippen LogP contribution in [0.1, 0.15) is 31.2 Å². The van der Waals surface area contributed by atoms with Crippen LogP contribution in [0.15, 0.2) is 18.2 Å². The van der Waals surface area contributed by atoms with Crippen molar-refractivity contribution >= 4 is 17.3 Å². The van der Waals surface area contributed by atoms with Gasteiger partial charge in [-0.2, -0.15) is 0 Å². The highest BCUT2D eigenvalue weighted by molar-refractivity contribution is 5.94. The zero-order chi connectivity index (χ0) is 13.5. The highest BCUT2D eigenvalue weighted by atomic mass is 16.1. The molecule has 4 heteroatoms. The van der Waals surface area contributed by atoms with Gasteiger partial charge >= 0.3 is 0 Å². The number of aryl methyl sites for hydroxylation is 1. The van der Waals surface area contributed by atoms with E-state index in [0.29, 0.717) is 12.5 Å². The summed E-state index contributed by atoms with van der Waals surface area (Å²) in [5.74, 6) is 0.135. The Kier molecular flexibility index (Phi) is 2.91. The molecule has 4 rings (SSSR count). The molecule has 0 saturated carbocycles. The van der Waals surface area contributed by atoms with Crippen LogP contribution in [0.4, 0.5) is 11.4 Å². The standard InChI is InChI=1S/C16H21N3O/c20-16-6-3-11-10-12(4-5-13(11)18-16)17-14-7-9-19-8-1-2-15(14)19/h4-5,10,14-15,17H,1-3,6-9H2,(H,18,20). The lowest BCUT2D eigenvalue weighted by molar-refractivity contribution is -0.116. The Bertz CT molecular complexity index is 543. The summed E-state index contributed by atoms with van der Waals surface area (Å²) in [4.78, 5) is 14.0. The average molecular weight is 271 g/mol. The first-order valence-electron chi connectivity index (χ1n) is 7.73. The maximum Gasteiger partial charge on any atom is 0.224 e. The predicted octanol–water partition coefficient (Wildman–Crippen LogP) is 2.22. The molecule has 1 amide bonds. The fraction of sp³-hybridized carbons (Fsp3) is 0.562. The van der Waals surface area contributed by atoms with Gasteiger partial charge in [0, 0.05) is 36.4 Å². The van der Waals surface area contributed by atoms with Crippen LogP contribution in [0.2, 0.25) is 0 Å². The number of fused-ring (bicyclic) bond motifs is 2. The van der Waals surface area contributed by atoms with Gasteiger partial charge in [-0.05, 0) is 56.0 Å². The summed E-state index contributed by atoms with van der Waals surface area (Å²) < 4.78 is 0. The Morgan fingerprint density at radius 2 is 2.15 bits per heavy atom. The van der Waals surface area contributed by atoms with Crippen LogP contribution in [0.3, 0.4) is 0 Å². The summed E-state index contributed by atoms with van der Waals surface area (Å²) in [5, 5.41) is 6.66. The van der Waals surface area contributed by atoms with Gasteiger partial charge in [0.15, 0.2) is 0 Å². The van der Waals surface area contributed by atoms with Gasteiger partial charge in [0.2, 0.25) is 5.91 Å². The Morgan fingerprint density at radius 3 is 3.10 bits per heavy atom. The monoisotopic (exact) mass is 271 g/mol. The van der Waals surface area contributed by atoms with Crippen molar-refractivity contribution in [2.45, 2.75) is 44.2 Å². The molecule has 1 aromatic rings. The molecule has 20 heavy (non-hydrogen) atoms. The second kappa shape index (κ2) is 4.77. The van der Waals surface area contributed by atoms with Crippen molar-refractivity contribution in [1.29, 1.82) is 0 Å². The Morgan fingerprint density at radius 1 is 1.20 bits per heavy atom. The fourth-order valence-electron chi connectivity index (χ4n) is 3.94. The molecular formula is C16H21N3O. The third kappa shape index (κ3) is 2.08. The van der Waals surface area contributed by atoms with Gasteiger partial charge in [-0.25, -0.2) is 0 Å². The van der Waals surface area contributed by atoms with E-state index in [1.165, 1.54) is 43.6 Å². The fourth-order valence-corrected chi connectivity index (χ4v) is 3.94. The number of benzene rings is 1. The van der Waals surface area contributed by atoms with Crippen LogP contribution in [-0.4, -0.2) is 36.0 Å². The third-order valence-electron chi connectivity index (χ3n) is 4.96. The molecule has 2 atom stereocenters. The van der Waals surface area contributed by atoms with Crippen molar-refractivity contribution in [3.63, 3.8) is 0 Å². The molecule has 3 aliphatic rings. The lowest BCUT2D eigenvalue weighted by atomic mass is 10.0. The largest absolute Gasteiger partial charge is 0.381 e. The van der Waals surface area contributed by atoms with Gasteiger partial charge in [0.05, 0.1) is 0 Å². The van der Waals surface area contributed by atoms with Crippen molar-refractivity contribution in [1.82, 2.24) is 4.90 Å². The molecule has 2 saturated heterocycles. The summed E-state index contributed by atoms with van der Waals surface area (Å²) in [5.41, 5.74) is 3.45. The average Bonchev–Trinajstić information content (AvgIpc) is 3.04. The minimum absolute atomic E-state index is 0.135. The number of rotatable bonds is 2. The first-order valence-corrected chi connectivity index (χ1v) is 7.73. The van der Waals surface area contributed by atoms with Gasteiger partial charge in [-0.1, -0.05) is 0 Å². The second-order valence-electron chi connectivity index (χ2n) is 6.21. The topological polar surface area (TPSA) is 44.4 Å². The second-order valence-corrected chi connectivity index (χ2v) is 6.21. The van der Waals surface area contributed by atoms with Crippen molar-refractivity contribution in [2.24, 2.45) is 0 Å². The van der Waals surface area contributed by atoms with Crippen LogP contribution in [0.5, 0.6) is 0 Å². The molecule has 106 valence electrons. The minimum atomic E-state index is 0.135. The molecule has 0 aliphatic carbocycles. The lowest BCUT2D eigenvalue weighted by Gasteiger charge is -2.24. The number of hydrogen-bond acceptors (Lipinski definition) is 3. The van der Waals surface area contributed by atoms with Crippen molar-refractivity contribution < 1.29 is 4.79 Å². The number of carbonyl (C=O) groups excluding carboxylic acids is 1. The first-order chi connectivity index (χ1) is 9.79. The van der Waals surface area contributed by atoms with E-state index in [4.69, 9.17) is 0 Å². The minimum Gasteiger partial charge on any atom is -0.381 e. The van der Waals surface area contributed by atoms with Gasteiger partial charge in [-0.3, -0.25) is 9.69 Å². The maximum atomic E-state index is 11.4. The summed E-state index contributed by atoms with van der Waals surface area (Å²) >= 11 is 0. The molecule has 2 N–H and O–H groups in total. The van der Waals surface area contributed by atoms with Crippen LogP contribution < -0.4 is 10.6 Å². The molecule has 0 radical (unpaired) electrons. The maximum absolute atomic E-state index is 11.4. The Hall–Kier alpha value is -1.55. The summed E-state index contributed by atoms with van der Waals surface area (Å²) in [6.45, 7) is 2.52. The van der Waals surface area contributed by atoms with E-state index in [1.807, 2.05) is 6.07 Å². The van der Waals surface area contributed by atoms with E-state index in [9.17, 15) is 4.79 Å². The van der Waals surface area contributed by atoms with Gasteiger partial charge in [0.25, 0.3) is 0 Å². The van der Waals surface area contributed by atoms with Crippen LogP contribution >= 0.6 is 0 Å². The van der Waals surface area contributed by atoms with Gasteiger partial charge in [-0.15, -0.1) is 0 Å². The quantitative estimate of drug-likeness (QED) is 0.867. The van der Waals surface area contributed by atoms with E-state index in [2.05, 4.69) is 27.7 Å². The number of carbonyl (C=O) groups is 1. The smallest absolute Gasteiger partial charge is 0.224 e. The lowest BCUT2D eigenvalue weighted by Crippen LogP contribution is -2.33. The number of nitrogens with zero attached hydrogens (tertiary/aromatic N) is 1. The first kappa shape index (κ1) is 12.2. The number of amides is 1. The van der Waals surface area contributed by atoms with E-state index >= 15 is 0 Å². The SMILES string of the molecule is O=C1CCc2cc(NC3CCN4CCCC34)ccc2N1. The van der Waals surface area contributed by atoms with E-state index in [0.717, 1.165) is 18.2 Å². The molecule has 2 fully saturated rings. The van der Waals surface area contributed by atoms with Crippen molar-refractivity contribution in [3.8, 4) is 0 Å². The Balaban J connectivity index is 1.50. The number of anilines is 2. The molecule has 3 heterocycles. The molecule has 1 aromatic carbocycles. The predicted molar refractivity (Wildman–Crippen MR) is 80.0 cm³/mol. The highest BCUT2D eigenvalue weighted by Gasteiger charge is 2.36. The Labute approximate surface area is 119 Å². The number of nitrogens with one attached hydrogen (secondary N) is 2. The number of hydrogen-bond donors (Lipinski definition) is 2. The summed E-state index contributed by atoms with van der Waals surface area (Å²) in [6.07, 6.45) is 5.39. The van der Waals surface area contributed by atoms with Crippen molar-refractivity contribution in [3.05, 3.63) is 23.8 Å². The van der Waals surface area contributed by atoms with Gasteiger partial charge in [0.1, 0.15) is 0 Å². The normalized spacial score (nSPS) is 28.9. The van der Waals surface area contributed by atoms with E-state index in [1.54, 1.807) is 0 Å². The summed E-state index contributed by atoms with van der Waals surface area (Å²) in [7, 11) is 0. The van der Waals surface area contributed by atoms with Crippen LogP contribution in [0.25, 0.3) is 0 Å².